The average molecular weight is 431 g/mol. The lowest BCUT2D eigenvalue weighted by Crippen LogP contribution is -1.96. The van der Waals surface area contributed by atoms with Crippen LogP contribution in [-0.2, 0) is 16.0 Å². The highest BCUT2D eigenvalue weighted by atomic mass is 16.1. The molecule has 2 aliphatic carbocycles. The molecule has 2 saturated carbocycles. The Morgan fingerprint density at radius 1 is 0.844 bits per heavy atom. The van der Waals surface area contributed by atoms with E-state index in [-0.39, 0.29) is 0 Å². The van der Waals surface area contributed by atoms with E-state index in [1.54, 1.807) is 0 Å². The molecule has 0 aliphatic heterocycles. The Morgan fingerprint density at radius 3 is 2.06 bits per heavy atom. The van der Waals surface area contributed by atoms with Crippen LogP contribution in [0.3, 0.4) is 0 Å². The van der Waals surface area contributed by atoms with Crippen LogP contribution in [0, 0.1) is 11.8 Å². The Balaban J connectivity index is 0.000000181. The maximum atomic E-state index is 10.5. The number of carbonyl (C=O) groups excluding carboxylic acids is 2. The van der Waals surface area contributed by atoms with Gasteiger partial charge in [0.25, 0.3) is 0 Å². The fraction of sp³-hybridized carbons (Fsp3) is 0.467. The summed E-state index contributed by atoms with van der Waals surface area (Å²) in [5.74, 6) is 2.50. The zero-order valence-electron chi connectivity index (χ0n) is 19.7. The zero-order valence-corrected chi connectivity index (χ0v) is 19.7. The molecule has 4 rings (SSSR count). The number of allylic oxidation sites excluding steroid dienone is 1. The SMILES string of the molecule is CC(CC=O)c1cccc(C=CC2CC2)c1.CC(CC=O)c1cccc(CCC2CC2)c1. The van der Waals surface area contributed by atoms with Gasteiger partial charge in [-0.25, -0.2) is 0 Å². The monoisotopic (exact) mass is 430 g/mol. The van der Waals surface area contributed by atoms with E-state index in [2.05, 4.69) is 74.5 Å². The van der Waals surface area contributed by atoms with E-state index < -0.39 is 0 Å². The first-order valence-corrected chi connectivity index (χ1v) is 12.3. The van der Waals surface area contributed by atoms with Crippen molar-refractivity contribution in [1.29, 1.82) is 0 Å². The maximum absolute atomic E-state index is 10.5. The third-order valence-corrected chi connectivity index (χ3v) is 6.62. The fourth-order valence-corrected chi connectivity index (χ4v) is 3.90. The molecule has 2 aromatic carbocycles. The number of carbonyl (C=O) groups is 2. The van der Waals surface area contributed by atoms with Crippen molar-refractivity contribution in [2.45, 2.75) is 77.0 Å². The van der Waals surface area contributed by atoms with Crippen LogP contribution in [0.4, 0.5) is 0 Å². The first-order valence-electron chi connectivity index (χ1n) is 12.3. The molecule has 2 aromatic rings. The van der Waals surface area contributed by atoms with E-state index in [1.165, 1.54) is 60.8 Å². The molecule has 2 unspecified atom stereocenters. The highest BCUT2D eigenvalue weighted by Crippen LogP contribution is 2.34. The lowest BCUT2D eigenvalue weighted by molar-refractivity contribution is -0.108. The molecule has 0 heterocycles. The third-order valence-electron chi connectivity index (χ3n) is 6.62. The lowest BCUT2D eigenvalue weighted by Gasteiger charge is -2.10. The van der Waals surface area contributed by atoms with Crippen molar-refractivity contribution < 1.29 is 9.59 Å². The van der Waals surface area contributed by atoms with Crippen molar-refractivity contribution in [2.75, 3.05) is 0 Å². The summed E-state index contributed by atoms with van der Waals surface area (Å²) in [6.45, 7) is 4.21. The predicted octanol–water partition coefficient (Wildman–Crippen LogP) is 7.52. The molecule has 0 spiro atoms. The third kappa shape index (κ3) is 8.57. The average Bonchev–Trinajstić information content (AvgIpc) is 3.73. The van der Waals surface area contributed by atoms with Crippen molar-refractivity contribution in [3.8, 4) is 0 Å². The standard InChI is InChI=1S/C15H20O.C15H18O/c2*1-12(9-10-16)15-4-2-3-14(11-15)8-7-13-5-6-13/h2-4,10-13H,5-9H2,1H3;2-4,7-8,10-13H,5-6,9H2,1H3. The smallest absolute Gasteiger partial charge is 0.120 e. The number of rotatable bonds is 11. The Morgan fingerprint density at radius 2 is 1.47 bits per heavy atom. The molecule has 2 atom stereocenters. The molecule has 32 heavy (non-hydrogen) atoms. The molecule has 170 valence electrons. The van der Waals surface area contributed by atoms with Crippen molar-refractivity contribution in [3.05, 3.63) is 76.9 Å². The van der Waals surface area contributed by atoms with Crippen LogP contribution in [-0.4, -0.2) is 12.6 Å². The molecule has 2 nitrogen and oxygen atoms in total. The van der Waals surface area contributed by atoms with E-state index in [4.69, 9.17) is 0 Å². The normalized spacial score (nSPS) is 17.3. The highest BCUT2D eigenvalue weighted by Gasteiger charge is 2.20. The second-order valence-electron chi connectivity index (χ2n) is 9.70. The summed E-state index contributed by atoms with van der Waals surface area (Å²) in [5, 5.41) is 0. The summed E-state index contributed by atoms with van der Waals surface area (Å²) in [4.78, 5) is 21.0. The van der Waals surface area contributed by atoms with Gasteiger partial charge in [-0.3, -0.25) is 0 Å². The topological polar surface area (TPSA) is 34.1 Å². The van der Waals surface area contributed by atoms with Gasteiger partial charge in [-0.1, -0.05) is 87.4 Å². The van der Waals surface area contributed by atoms with E-state index in [9.17, 15) is 9.59 Å². The zero-order chi connectivity index (χ0) is 22.8. The van der Waals surface area contributed by atoms with Crippen molar-refractivity contribution >= 4 is 18.6 Å². The minimum absolute atomic E-state index is 0.326. The minimum Gasteiger partial charge on any atom is -0.303 e. The molecule has 2 aliphatic rings. The summed E-state index contributed by atoms with van der Waals surface area (Å²) < 4.78 is 0. The summed E-state index contributed by atoms with van der Waals surface area (Å²) in [5.41, 5.74) is 5.25. The second kappa shape index (κ2) is 12.5. The van der Waals surface area contributed by atoms with Crippen LogP contribution in [0.15, 0.2) is 54.6 Å². The molecule has 0 radical (unpaired) electrons. The Kier molecular flexibility index (Phi) is 9.46. The lowest BCUT2D eigenvalue weighted by atomic mass is 9.95. The van der Waals surface area contributed by atoms with Crippen LogP contribution in [0.25, 0.3) is 6.08 Å². The van der Waals surface area contributed by atoms with E-state index >= 15 is 0 Å². The largest absolute Gasteiger partial charge is 0.303 e. The fourth-order valence-electron chi connectivity index (χ4n) is 3.90. The van der Waals surface area contributed by atoms with Crippen LogP contribution < -0.4 is 0 Å². The van der Waals surface area contributed by atoms with E-state index in [0.29, 0.717) is 24.7 Å². The van der Waals surface area contributed by atoms with Crippen molar-refractivity contribution in [2.24, 2.45) is 11.8 Å². The molecule has 0 bridgehead atoms. The van der Waals surface area contributed by atoms with Gasteiger partial charge in [-0.15, -0.1) is 0 Å². The van der Waals surface area contributed by atoms with Gasteiger partial charge in [0.1, 0.15) is 12.6 Å². The molecule has 0 N–H and O–H groups in total. The molecule has 2 heteroatoms. The van der Waals surface area contributed by atoms with Crippen LogP contribution in [0.1, 0.15) is 92.9 Å². The number of aldehydes is 2. The number of hydrogen-bond donors (Lipinski definition) is 0. The van der Waals surface area contributed by atoms with Gasteiger partial charge in [0.15, 0.2) is 0 Å². The Hall–Kier alpha value is -2.48. The molecule has 2 fully saturated rings. The molecule has 0 aromatic heterocycles. The molecule has 0 amide bonds. The Bertz CT molecular complexity index is 889. The van der Waals surface area contributed by atoms with Gasteiger partial charge in [0, 0.05) is 12.8 Å². The van der Waals surface area contributed by atoms with Crippen molar-refractivity contribution in [3.63, 3.8) is 0 Å². The van der Waals surface area contributed by atoms with Crippen molar-refractivity contribution in [1.82, 2.24) is 0 Å². The minimum atomic E-state index is 0.326. The van der Waals surface area contributed by atoms with Crippen LogP contribution >= 0.6 is 0 Å². The summed E-state index contributed by atoms with van der Waals surface area (Å²) in [6, 6.07) is 17.2. The summed E-state index contributed by atoms with van der Waals surface area (Å²) in [7, 11) is 0. The van der Waals surface area contributed by atoms with Crippen LogP contribution in [0.2, 0.25) is 0 Å². The van der Waals surface area contributed by atoms with Crippen LogP contribution in [0.5, 0.6) is 0 Å². The van der Waals surface area contributed by atoms with Gasteiger partial charge in [0.05, 0.1) is 0 Å². The van der Waals surface area contributed by atoms with Gasteiger partial charge < -0.3 is 9.59 Å². The van der Waals surface area contributed by atoms with Gasteiger partial charge in [-0.05, 0) is 71.6 Å². The first kappa shape index (κ1) is 24.2. The Labute approximate surface area is 194 Å². The predicted molar refractivity (Wildman–Crippen MR) is 134 cm³/mol. The number of benzene rings is 2. The number of hydrogen-bond acceptors (Lipinski definition) is 2. The van der Waals surface area contributed by atoms with E-state index in [1.807, 2.05) is 0 Å². The molecule has 0 saturated heterocycles. The van der Waals surface area contributed by atoms with Gasteiger partial charge >= 0.3 is 0 Å². The highest BCUT2D eigenvalue weighted by molar-refractivity contribution is 5.54. The first-order chi connectivity index (χ1) is 15.6. The van der Waals surface area contributed by atoms with Gasteiger partial charge in [0.2, 0.25) is 0 Å². The quantitative estimate of drug-likeness (QED) is 0.345. The second-order valence-corrected chi connectivity index (χ2v) is 9.70. The molecular weight excluding hydrogens is 392 g/mol. The maximum Gasteiger partial charge on any atom is 0.120 e. The summed E-state index contributed by atoms with van der Waals surface area (Å²) in [6.07, 6.45) is 15.8. The van der Waals surface area contributed by atoms with Gasteiger partial charge in [-0.2, -0.15) is 0 Å². The molecular formula is C30H38O2. The number of aryl methyl sites for hydroxylation is 1. The van der Waals surface area contributed by atoms with E-state index in [0.717, 1.165) is 24.4 Å². The summed E-state index contributed by atoms with van der Waals surface area (Å²) >= 11 is 0.